The second-order valence-electron chi connectivity index (χ2n) is 4.70. The molecule has 1 heterocycles. The van der Waals surface area contributed by atoms with Crippen molar-refractivity contribution in [3.63, 3.8) is 0 Å². The third kappa shape index (κ3) is 2.76. The Hall–Kier alpha value is -2.69. The molecule has 0 aliphatic rings. The van der Waals surface area contributed by atoms with Crippen LogP contribution in [0, 0.1) is 0 Å². The van der Waals surface area contributed by atoms with Gasteiger partial charge in [-0.2, -0.15) is 5.10 Å². The quantitative estimate of drug-likeness (QED) is 0.755. The van der Waals surface area contributed by atoms with Gasteiger partial charge in [-0.3, -0.25) is 5.10 Å². The SMILES string of the molecule is COc1ccc(OC)c(CNc2ccc3[nH]ncc3c2)c1. The Kier molecular flexibility index (Phi) is 3.64. The molecule has 2 N–H and O–H groups in total. The number of nitrogens with zero attached hydrogens (tertiary/aromatic N) is 1. The van der Waals surface area contributed by atoms with Gasteiger partial charge in [0.1, 0.15) is 11.5 Å². The van der Waals surface area contributed by atoms with Gasteiger partial charge in [-0.05, 0) is 36.4 Å². The van der Waals surface area contributed by atoms with E-state index in [2.05, 4.69) is 21.6 Å². The van der Waals surface area contributed by atoms with Crippen LogP contribution in [-0.4, -0.2) is 24.4 Å². The van der Waals surface area contributed by atoms with Crippen LogP contribution in [0.1, 0.15) is 5.56 Å². The summed E-state index contributed by atoms with van der Waals surface area (Å²) in [5.74, 6) is 1.66. The zero-order chi connectivity index (χ0) is 14.7. The highest BCUT2D eigenvalue weighted by atomic mass is 16.5. The average molecular weight is 283 g/mol. The molecule has 2 aromatic carbocycles. The first-order chi connectivity index (χ1) is 10.3. The third-order valence-corrected chi connectivity index (χ3v) is 3.41. The van der Waals surface area contributed by atoms with E-state index >= 15 is 0 Å². The summed E-state index contributed by atoms with van der Waals surface area (Å²) in [5, 5.41) is 11.4. The van der Waals surface area contributed by atoms with Gasteiger partial charge in [0.05, 0.1) is 25.9 Å². The topological polar surface area (TPSA) is 59.2 Å². The predicted octanol–water partition coefficient (Wildman–Crippen LogP) is 3.19. The molecule has 0 amide bonds. The average Bonchev–Trinajstić information content (AvgIpc) is 3.00. The maximum absolute atomic E-state index is 5.38. The van der Waals surface area contributed by atoms with Gasteiger partial charge >= 0.3 is 0 Å². The van der Waals surface area contributed by atoms with Crippen LogP contribution in [0.5, 0.6) is 11.5 Å². The number of aromatic amines is 1. The molecule has 1 aromatic heterocycles. The number of anilines is 1. The second kappa shape index (κ2) is 5.75. The highest BCUT2D eigenvalue weighted by Crippen LogP contribution is 2.25. The molecule has 0 radical (unpaired) electrons. The van der Waals surface area contributed by atoms with Gasteiger partial charge in [-0.15, -0.1) is 0 Å². The van der Waals surface area contributed by atoms with Crippen molar-refractivity contribution in [2.24, 2.45) is 0 Å². The summed E-state index contributed by atoms with van der Waals surface area (Å²) in [6.45, 7) is 0.656. The zero-order valence-electron chi connectivity index (χ0n) is 12.0. The van der Waals surface area contributed by atoms with Gasteiger partial charge in [0.15, 0.2) is 0 Å². The molecule has 3 rings (SSSR count). The first-order valence-corrected chi connectivity index (χ1v) is 6.68. The van der Waals surface area contributed by atoms with Crippen LogP contribution in [0.3, 0.4) is 0 Å². The van der Waals surface area contributed by atoms with Gasteiger partial charge in [0.25, 0.3) is 0 Å². The van der Waals surface area contributed by atoms with Crippen molar-refractivity contribution in [3.8, 4) is 11.5 Å². The summed E-state index contributed by atoms with van der Waals surface area (Å²) in [4.78, 5) is 0. The van der Waals surface area contributed by atoms with Crippen molar-refractivity contribution in [1.29, 1.82) is 0 Å². The molecule has 0 saturated heterocycles. The van der Waals surface area contributed by atoms with E-state index in [1.807, 2.05) is 36.5 Å². The summed E-state index contributed by atoms with van der Waals surface area (Å²) < 4.78 is 10.6. The van der Waals surface area contributed by atoms with Crippen LogP contribution in [-0.2, 0) is 6.54 Å². The Balaban J connectivity index is 1.80. The van der Waals surface area contributed by atoms with Gasteiger partial charge in [0.2, 0.25) is 0 Å². The highest BCUT2D eigenvalue weighted by molar-refractivity contribution is 5.81. The van der Waals surface area contributed by atoms with Crippen LogP contribution >= 0.6 is 0 Å². The van der Waals surface area contributed by atoms with Gasteiger partial charge in [0, 0.05) is 23.2 Å². The second-order valence-corrected chi connectivity index (χ2v) is 4.70. The minimum absolute atomic E-state index is 0.656. The fourth-order valence-electron chi connectivity index (χ4n) is 2.27. The summed E-state index contributed by atoms with van der Waals surface area (Å²) in [6.07, 6.45) is 1.81. The number of fused-ring (bicyclic) bond motifs is 1. The first kappa shape index (κ1) is 13.3. The third-order valence-electron chi connectivity index (χ3n) is 3.41. The van der Waals surface area contributed by atoms with E-state index < -0.39 is 0 Å². The molecule has 108 valence electrons. The molecule has 0 bridgehead atoms. The molecular formula is C16H17N3O2. The van der Waals surface area contributed by atoms with E-state index in [4.69, 9.17) is 9.47 Å². The number of hydrogen-bond acceptors (Lipinski definition) is 4. The monoisotopic (exact) mass is 283 g/mol. The number of benzene rings is 2. The molecule has 0 aliphatic carbocycles. The number of H-pyrrole nitrogens is 1. The summed E-state index contributed by atoms with van der Waals surface area (Å²) >= 11 is 0. The number of nitrogens with one attached hydrogen (secondary N) is 2. The zero-order valence-corrected chi connectivity index (χ0v) is 12.0. The van der Waals surface area contributed by atoms with E-state index in [1.165, 1.54) is 0 Å². The van der Waals surface area contributed by atoms with Crippen LogP contribution in [0.25, 0.3) is 10.9 Å². The van der Waals surface area contributed by atoms with Gasteiger partial charge < -0.3 is 14.8 Å². The maximum atomic E-state index is 5.38. The molecule has 0 spiro atoms. The molecule has 3 aromatic rings. The largest absolute Gasteiger partial charge is 0.497 e. The van der Waals surface area contributed by atoms with E-state index in [0.29, 0.717) is 6.54 Å². The maximum Gasteiger partial charge on any atom is 0.124 e. The van der Waals surface area contributed by atoms with Crippen LogP contribution in [0.15, 0.2) is 42.6 Å². The lowest BCUT2D eigenvalue weighted by Gasteiger charge is -2.12. The smallest absolute Gasteiger partial charge is 0.124 e. The fourth-order valence-corrected chi connectivity index (χ4v) is 2.27. The molecule has 0 unspecified atom stereocenters. The number of rotatable bonds is 5. The highest BCUT2D eigenvalue weighted by Gasteiger charge is 2.05. The van der Waals surface area contributed by atoms with Crippen LogP contribution < -0.4 is 14.8 Å². The standard InChI is InChI=1S/C16H17N3O2/c1-20-14-4-6-16(21-2)12(8-14)9-17-13-3-5-15-11(7-13)10-18-19-15/h3-8,10,17H,9H2,1-2H3,(H,18,19). The number of methoxy groups -OCH3 is 2. The molecule has 0 saturated carbocycles. The van der Waals surface area contributed by atoms with Crippen molar-refractivity contribution < 1.29 is 9.47 Å². The predicted molar refractivity (Wildman–Crippen MR) is 83.0 cm³/mol. The summed E-state index contributed by atoms with van der Waals surface area (Å²) in [7, 11) is 3.33. The summed E-state index contributed by atoms with van der Waals surface area (Å²) in [6, 6.07) is 11.9. The Morgan fingerprint density at radius 2 is 2.00 bits per heavy atom. The van der Waals surface area contributed by atoms with Crippen molar-refractivity contribution in [2.45, 2.75) is 6.54 Å². The minimum atomic E-state index is 0.656. The molecule has 0 aliphatic heterocycles. The lowest BCUT2D eigenvalue weighted by Crippen LogP contribution is -2.02. The minimum Gasteiger partial charge on any atom is -0.497 e. The molecule has 0 atom stereocenters. The Morgan fingerprint density at radius 1 is 1.10 bits per heavy atom. The fraction of sp³-hybridized carbons (Fsp3) is 0.188. The number of aromatic nitrogens is 2. The molecule has 0 fully saturated rings. The lowest BCUT2D eigenvalue weighted by atomic mass is 10.1. The first-order valence-electron chi connectivity index (χ1n) is 6.68. The lowest BCUT2D eigenvalue weighted by molar-refractivity contribution is 0.399. The van der Waals surface area contributed by atoms with E-state index in [0.717, 1.165) is 33.7 Å². The number of ether oxygens (including phenoxy) is 2. The normalized spacial score (nSPS) is 10.6. The van der Waals surface area contributed by atoms with Crippen molar-refractivity contribution in [3.05, 3.63) is 48.2 Å². The van der Waals surface area contributed by atoms with Crippen LogP contribution in [0.4, 0.5) is 5.69 Å². The Morgan fingerprint density at radius 3 is 2.81 bits per heavy atom. The van der Waals surface area contributed by atoms with E-state index in [-0.39, 0.29) is 0 Å². The van der Waals surface area contributed by atoms with Crippen LogP contribution in [0.2, 0.25) is 0 Å². The Bertz CT molecular complexity index is 752. The van der Waals surface area contributed by atoms with Gasteiger partial charge in [-0.25, -0.2) is 0 Å². The molecule has 5 nitrogen and oxygen atoms in total. The van der Waals surface area contributed by atoms with E-state index in [1.54, 1.807) is 14.2 Å². The number of hydrogen-bond donors (Lipinski definition) is 2. The van der Waals surface area contributed by atoms with Crippen molar-refractivity contribution >= 4 is 16.6 Å². The molecule has 5 heteroatoms. The molecule has 21 heavy (non-hydrogen) atoms. The molecular weight excluding hydrogens is 266 g/mol. The van der Waals surface area contributed by atoms with Gasteiger partial charge in [-0.1, -0.05) is 0 Å². The Labute approximate surface area is 122 Å². The van der Waals surface area contributed by atoms with Crippen molar-refractivity contribution in [2.75, 3.05) is 19.5 Å². The van der Waals surface area contributed by atoms with E-state index in [9.17, 15) is 0 Å². The summed E-state index contributed by atoms with van der Waals surface area (Å²) in [5.41, 5.74) is 3.11. The van der Waals surface area contributed by atoms with Crippen molar-refractivity contribution in [1.82, 2.24) is 10.2 Å².